The van der Waals surface area contributed by atoms with Gasteiger partial charge >= 0.3 is 19.8 Å². The molecular weight excluding hydrogens is 1060 g/mol. The number of rotatable bonds is 43. The van der Waals surface area contributed by atoms with Crippen molar-refractivity contribution in [2.24, 2.45) is 0 Å². The fourth-order valence-corrected chi connectivity index (χ4v) is 10.8. The van der Waals surface area contributed by atoms with Crippen LogP contribution in [0.5, 0.6) is 0 Å². The number of hydrogen-bond donors (Lipinski definition) is 12. The van der Waals surface area contributed by atoms with Gasteiger partial charge in [0.05, 0.1) is 19.8 Å². The molecule has 2 heterocycles. The molecular formula is C55H101O23P. The molecule has 16 atom stereocenters. The zero-order valence-electron chi connectivity index (χ0n) is 46.9. The summed E-state index contributed by atoms with van der Waals surface area (Å²) in [5.41, 5.74) is 0. The summed E-state index contributed by atoms with van der Waals surface area (Å²) in [6.07, 6.45) is -2.35. The summed E-state index contributed by atoms with van der Waals surface area (Å²) in [5.74, 6) is -1.33. The Bertz CT molecular complexity index is 1630. The quantitative estimate of drug-likeness (QED) is 0.0178. The number of carbonyl (C=O) groups is 2. The second kappa shape index (κ2) is 40.5. The number of allylic oxidation sites excluding steroid dienone is 2. The van der Waals surface area contributed by atoms with Crippen LogP contribution in [0.4, 0.5) is 0 Å². The van der Waals surface area contributed by atoms with Gasteiger partial charge in [0.1, 0.15) is 92.1 Å². The topological polar surface area (TPSA) is 368 Å². The van der Waals surface area contributed by atoms with Crippen LogP contribution in [0.25, 0.3) is 0 Å². The van der Waals surface area contributed by atoms with E-state index in [2.05, 4.69) is 26.0 Å². The molecule has 12 N–H and O–H groups in total. The minimum atomic E-state index is -5.63. The third-order valence-corrected chi connectivity index (χ3v) is 15.8. The monoisotopic (exact) mass is 1160 g/mol. The summed E-state index contributed by atoms with van der Waals surface area (Å²) in [6.45, 7) is 0.994. The maximum Gasteiger partial charge on any atom is 0.472 e. The number of carbonyl (C=O) groups excluding carboxylic acids is 2. The van der Waals surface area contributed by atoms with Gasteiger partial charge in [-0.15, -0.1) is 0 Å². The minimum absolute atomic E-state index is 0.0339. The van der Waals surface area contributed by atoms with E-state index in [1.54, 1.807) is 0 Å². The number of ether oxygens (including phenoxy) is 6. The summed E-state index contributed by atoms with van der Waals surface area (Å²) < 4.78 is 58.1. The van der Waals surface area contributed by atoms with E-state index in [0.717, 1.165) is 77.0 Å². The molecule has 0 spiro atoms. The van der Waals surface area contributed by atoms with Gasteiger partial charge in [0.2, 0.25) is 0 Å². The molecule has 0 aromatic heterocycles. The molecule has 0 aromatic carbocycles. The van der Waals surface area contributed by atoms with Gasteiger partial charge < -0.3 is 89.5 Å². The van der Waals surface area contributed by atoms with E-state index in [1.165, 1.54) is 77.0 Å². The number of esters is 2. The maximum absolute atomic E-state index is 14.0. The van der Waals surface area contributed by atoms with Crippen molar-refractivity contribution in [2.75, 3.05) is 26.4 Å². The first-order valence-electron chi connectivity index (χ1n) is 29.5. The molecule has 1 saturated carbocycles. The lowest BCUT2D eigenvalue weighted by atomic mass is 9.84. The van der Waals surface area contributed by atoms with Gasteiger partial charge in [-0.1, -0.05) is 154 Å². The van der Waals surface area contributed by atoms with Gasteiger partial charge in [0.25, 0.3) is 0 Å². The van der Waals surface area contributed by atoms with Crippen molar-refractivity contribution in [1.82, 2.24) is 0 Å². The van der Waals surface area contributed by atoms with E-state index in [1.807, 2.05) is 0 Å². The highest BCUT2D eigenvalue weighted by molar-refractivity contribution is 7.47. The van der Waals surface area contributed by atoms with Gasteiger partial charge in [-0.25, -0.2) is 4.57 Å². The molecule has 1 aliphatic carbocycles. The molecule has 0 amide bonds. The standard InChI is InChI=1S/C55H101O23P/c1-3-5-7-9-11-13-15-17-18-20-22-24-26-28-30-32-41(59)73-37(35-71-40(58)31-29-27-25-23-21-19-16-14-12-10-8-6-4-2)36-72-79(69,70)78-53-51(76-54-49(67)44(62)42(60)38(33-56)74-54)47(65)46(64)48(66)52(53)77-55-50(68)45(63)43(61)39(34-57)75-55/h13,15,37-39,42-57,60-68H,3-12,14,16-36H2,1-2H3,(H,69,70)/b15-13-. The van der Waals surface area contributed by atoms with Crippen LogP contribution in [-0.4, -0.2) is 204 Å². The molecule has 3 rings (SSSR count). The Morgan fingerprint density at radius 3 is 1.25 bits per heavy atom. The van der Waals surface area contributed by atoms with Crippen molar-refractivity contribution < 1.29 is 113 Å². The molecule has 0 aromatic rings. The average molecular weight is 1160 g/mol. The third kappa shape index (κ3) is 26.3. The molecule has 2 aliphatic heterocycles. The third-order valence-electron chi connectivity index (χ3n) is 14.8. The normalized spacial score (nSPS) is 31.5. The van der Waals surface area contributed by atoms with Gasteiger partial charge in [0, 0.05) is 12.8 Å². The molecule has 79 heavy (non-hydrogen) atoms. The zero-order chi connectivity index (χ0) is 58.2. The fourth-order valence-electron chi connectivity index (χ4n) is 9.88. The number of aliphatic hydroxyl groups is 11. The van der Waals surface area contributed by atoms with Crippen LogP contribution < -0.4 is 0 Å². The molecule has 24 heteroatoms. The van der Waals surface area contributed by atoms with Crippen molar-refractivity contribution in [3.8, 4) is 0 Å². The SMILES string of the molecule is CCCCCC/C=C\CCCCCCCCCC(=O)OC(COC(=O)CCCCCCCCCCCCCCC)COP(=O)(O)OC1C(OC2OC(CO)C(O)C(O)C2O)C(O)C(O)C(O)C1OC1OC(CO)C(O)C(O)C1O. The van der Waals surface area contributed by atoms with E-state index in [9.17, 15) is 75.2 Å². The van der Waals surface area contributed by atoms with Gasteiger partial charge in [-0.05, 0) is 38.5 Å². The summed E-state index contributed by atoms with van der Waals surface area (Å²) in [7, 11) is -5.63. The van der Waals surface area contributed by atoms with Crippen LogP contribution >= 0.6 is 7.82 Å². The Kier molecular flexibility index (Phi) is 36.6. The summed E-state index contributed by atoms with van der Waals surface area (Å²) in [5, 5.41) is 117. The van der Waals surface area contributed by atoms with Gasteiger partial charge in [-0.2, -0.15) is 0 Å². The first-order chi connectivity index (χ1) is 37.9. The van der Waals surface area contributed by atoms with Crippen LogP contribution in [0.2, 0.25) is 0 Å². The predicted octanol–water partition coefficient (Wildman–Crippen LogP) is 3.93. The lowest BCUT2D eigenvalue weighted by Gasteiger charge is -2.49. The van der Waals surface area contributed by atoms with Crippen molar-refractivity contribution in [1.29, 1.82) is 0 Å². The minimum Gasteiger partial charge on any atom is -0.462 e. The molecule has 16 unspecified atom stereocenters. The predicted molar refractivity (Wildman–Crippen MR) is 287 cm³/mol. The summed E-state index contributed by atoms with van der Waals surface area (Å²) >= 11 is 0. The van der Waals surface area contributed by atoms with E-state index in [4.69, 9.17) is 37.5 Å². The van der Waals surface area contributed by atoms with Crippen LogP contribution in [-0.2, 0) is 51.6 Å². The van der Waals surface area contributed by atoms with Crippen molar-refractivity contribution in [3.63, 3.8) is 0 Å². The average Bonchev–Trinajstić information content (AvgIpc) is 3.55. The number of aliphatic hydroxyl groups excluding tert-OH is 11. The highest BCUT2D eigenvalue weighted by Crippen LogP contribution is 2.49. The van der Waals surface area contributed by atoms with Gasteiger partial charge in [0.15, 0.2) is 18.7 Å². The molecule has 2 saturated heterocycles. The van der Waals surface area contributed by atoms with Crippen LogP contribution in [0, 0.1) is 0 Å². The Morgan fingerprint density at radius 1 is 0.468 bits per heavy atom. The van der Waals surface area contributed by atoms with Crippen LogP contribution in [0.3, 0.4) is 0 Å². The van der Waals surface area contributed by atoms with Crippen molar-refractivity contribution in [3.05, 3.63) is 12.2 Å². The number of phosphoric acid groups is 1. The lowest BCUT2D eigenvalue weighted by molar-refractivity contribution is -0.360. The summed E-state index contributed by atoms with van der Waals surface area (Å²) in [6, 6.07) is 0. The second-order valence-electron chi connectivity index (χ2n) is 21.5. The Morgan fingerprint density at radius 2 is 0.835 bits per heavy atom. The first kappa shape index (κ1) is 71.5. The van der Waals surface area contributed by atoms with Crippen LogP contribution in [0.15, 0.2) is 12.2 Å². The Labute approximate surface area is 467 Å². The Hall–Kier alpha value is -1.81. The molecule has 23 nitrogen and oxygen atoms in total. The van der Waals surface area contributed by atoms with E-state index in [-0.39, 0.29) is 12.8 Å². The Balaban J connectivity index is 1.71. The first-order valence-corrected chi connectivity index (χ1v) is 31.0. The number of phosphoric ester groups is 1. The van der Waals surface area contributed by atoms with Crippen LogP contribution in [0.1, 0.15) is 194 Å². The molecule has 0 bridgehead atoms. The molecule has 464 valence electrons. The van der Waals surface area contributed by atoms with E-state index >= 15 is 0 Å². The van der Waals surface area contributed by atoms with Crippen molar-refractivity contribution in [2.45, 2.75) is 298 Å². The molecule has 0 radical (unpaired) electrons. The summed E-state index contributed by atoms with van der Waals surface area (Å²) in [4.78, 5) is 37.5. The number of hydrogen-bond acceptors (Lipinski definition) is 22. The van der Waals surface area contributed by atoms with Gasteiger partial charge in [-0.3, -0.25) is 18.6 Å². The maximum atomic E-state index is 14.0. The number of unbranched alkanes of at least 4 members (excludes halogenated alkanes) is 23. The smallest absolute Gasteiger partial charge is 0.462 e. The fraction of sp³-hybridized carbons (Fsp3) is 0.927. The van der Waals surface area contributed by atoms with Crippen molar-refractivity contribution >= 4 is 19.8 Å². The highest BCUT2D eigenvalue weighted by Gasteiger charge is 2.58. The zero-order valence-corrected chi connectivity index (χ0v) is 47.8. The highest BCUT2D eigenvalue weighted by atomic mass is 31.2. The largest absolute Gasteiger partial charge is 0.472 e. The van der Waals surface area contributed by atoms with E-state index < -0.39 is 150 Å². The van der Waals surface area contributed by atoms with E-state index in [0.29, 0.717) is 12.8 Å². The molecule has 3 fully saturated rings. The lowest BCUT2D eigenvalue weighted by Crippen LogP contribution is -2.69. The molecule has 3 aliphatic rings. The second-order valence-corrected chi connectivity index (χ2v) is 22.9.